The highest BCUT2D eigenvalue weighted by Crippen LogP contribution is 2.28. The van der Waals surface area contributed by atoms with Gasteiger partial charge in [0.1, 0.15) is 0 Å². The number of para-hydroxylation sites is 1. The molecule has 194 valence electrons. The van der Waals surface area contributed by atoms with Crippen LogP contribution >= 0.6 is 0 Å². The van der Waals surface area contributed by atoms with Gasteiger partial charge in [0.2, 0.25) is 0 Å². The fraction of sp³-hybridized carbons (Fsp3) is 0.281. The van der Waals surface area contributed by atoms with Crippen LogP contribution in [0.2, 0.25) is 0 Å². The molecule has 6 nitrogen and oxygen atoms in total. The van der Waals surface area contributed by atoms with E-state index in [-0.39, 0.29) is 12.3 Å². The number of carboxylic acid groups (broad SMARTS) is 1. The molecule has 0 radical (unpaired) electrons. The van der Waals surface area contributed by atoms with Crippen molar-refractivity contribution < 1.29 is 14.7 Å². The number of carboxylic acids is 1. The zero-order chi connectivity index (χ0) is 26.5. The second-order valence-electron chi connectivity index (χ2n) is 9.94. The Labute approximate surface area is 223 Å². The number of piperazine rings is 1. The van der Waals surface area contributed by atoms with E-state index in [1.807, 2.05) is 53.4 Å². The standard InChI is InChI=1S/C32H33N3O3/c1-23-9-5-7-13-29(23)34-17-19-35(20-18-34)32(38)26-15-16-28-27(22-26)21-25(12-6-8-14-30(36)37)31(33-28)24-10-3-2-4-11-24/h2-5,7,9-11,13,15-16,21-22H,6,8,12,14,17-20H2,1H3,(H,36,37). The third kappa shape index (κ3) is 5.70. The first-order valence-corrected chi connectivity index (χ1v) is 13.3. The van der Waals surface area contributed by atoms with Crippen LogP contribution in [0.3, 0.4) is 0 Å². The normalized spacial score (nSPS) is 13.6. The Balaban J connectivity index is 1.36. The minimum Gasteiger partial charge on any atom is -0.481 e. The highest BCUT2D eigenvalue weighted by atomic mass is 16.4. The van der Waals surface area contributed by atoms with Crippen LogP contribution in [0, 0.1) is 6.92 Å². The molecule has 1 saturated heterocycles. The largest absolute Gasteiger partial charge is 0.481 e. The molecular weight excluding hydrogens is 474 g/mol. The molecule has 0 saturated carbocycles. The minimum absolute atomic E-state index is 0.0477. The molecule has 38 heavy (non-hydrogen) atoms. The number of hydrogen-bond donors (Lipinski definition) is 1. The van der Waals surface area contributed by atoms with Gasteiger partial charge in [-0.15, -0.1) is 0 Å². The Morgan fingerprint density at radius 3 is 2.34 bits per heavy atom. The fourth-order valence-corrected chi connectivity index (χ4v) is 5.23. The van der Waals surface area contributed by atoms with Crippen LogP contribution in [-0.2, 0) is 11.2 Å². The van der Waals surface area contributed by atoms with E-state index in [0.29, 0.717) is 25.1 Å². The van der Waals surface area contributed by atoms with Crippen molar-refractivity contribution in [2.24, 2.45) is 0 Å². The van der Waals surface area contributed by atoms with Crippen molar-refractivity contribution in [3.63, 3.8) is 0 Å². The number of carbonyl (C=O) groups is 2. The van der Waals surface area contributed by atoms with Crippen LogP contribution in [0.15, 0.2) is 78.9 Å². The van der Waals surface area contributed by atoms with Crippen molar-refractivity contribution in [3.05, 3.63) is 95.6 Å². The van der Waals surface area contributed by atoms with Gasteiger partial charge >= 0.3 is 5.97 Å². The van der Waals surface area contributed by atoms with Gasteiger partial charge in [-0.2, -0.15) is 0 Å². The first-order valence-electron chi connectivity index (χ1n) is 13.3. The number of benzene rings is 3. The van der Waals surface area contributed by atoms with Gasteiger partial charge in [-0.05, 0) is 67.6 Å². The zero-order valence-electron chi connectivity index (χ0n) is 21.8. The van der Waals surface area contributed by atoms with Crippen LogP contribution in [0.1, 0.15) is 40.7 Å². The quantitative estimate of drug-likeness (QED) is 0.298. The van der Waals surface area contributed by atoms with E-state index in [0.717, 1.165) is 53.7 Å². The number of anilines is 1. The van der Waals surface area contributed by atoms with Gasteiger partial charge in [0.15, 0.2) is 0 Å². The van der Waals surface area contributed by atoms with E-state index in [4.69, 9.17) is 10.1 Å². The average Bonchev–Trinajstić information content (AvgIpc) is 2.95. The molecule has 0 bridgehead atoms. The lowest BCUT2D eigenvalue weighted by Crippen LogP contribution is -2.49. The summed E-state index contributed by atoms with van der Waals surface area (Å²) in [7, 11) is 0. The fourth-order valence-electron chi connectivity index (χ4n) is 5.23. The summed E-state index contributed by atoms with van der Waals surface area (Å²) in [5.74, 6) is -0.723. The summed E-state index contributed by atoms with van der Waals surface area (Å²) in [6, 6.07) is 26.3. The monoisotopic (exact) mass is 507 g/mol. The maximum atomic E-state index is 13.4. The van der Waals surface area contributed by atoms with Gasteiger partial charge in [-0.1, -0.05) is 48.5 Å². The summed E-state index contributed by atoms with van der Waals surface area (Å²) in [5.41, 5.74) is 7.04. The van der Waals surface area contributed by atoms with Crippen LogP contribution < -0.4 is 4.90 Å². The van der Waals surface area contributed by atoms with Crippen molar-refractivity contribution >= 4 is 28.5 Å². The Bertz CT molecular complexity index is 1440. The molecule has 5 rings (SSSR count). The number of aromatic nitrogens is 1. The molecule has 1 amide bonds. The van der Waals surface area contributed by atoms with Gasteiger partial charge in [-0.25, -0.2) is 4.98 Å². The lowest BCUT2D eigenvalue weighted by molar-refractivity contribution is -0.137. The molecule has 1 fully saturated rings. The summed E-state index contributed by atoms with van der Waals surface area (Å²) in [6.07, 6.45) is 2.29. The number of amides is 1. The van der Waals surface area contributed by atoms with E-state index in [1.165, 1.54) is 11.3 Å². The van der Waals surface area contributed by atoms with E-state index < -0.39 is 5.97 Å². The average molecular weight is 508 g/mol. The number of nitrogens with zero attached hydrogens (tertiary/aromatic N) is 3. The molecule has 1 aromatic heterocycles. The Hall–Kier alpha value is -4.19. The lowest BCUT2D eigenvalue weighted by atomic mass is 9.98. The van der Waals surface area contributed by atoms with Gasteiger partial charge in [0.05, 0.1) is 11.2 Å². The summed E-state index contributed by atoms with van der Waals surface area (Å²) < 4.78 is 0. The minimum atomic E-state index is -0.771. The van der Waals surface area contributed by atoms with Crippen molar-refractivity contribution in [3.8, 4) is 11.3 Å². The highest BCUT2D eigenvalue weighted by Gasteiger charge is 2.23. The van der Waals surface area contributed by atoms with E-state index in [2.05, 4.69) is 42.2 Å². The number of fused-ring (bicyclic) bond motifs is 1. The second-order valence-corrected chi connectivity index (χ2v) is 9.94. The third-order valence-electron chi connectivity index (χ3n) is 7.30. The molecule has 2 heterocycles. The van der Waals surface area contributed by atoms with E-state index in [1.54, 1.807) is 0 Å². The summed E-state index contributed by atoms with van der Waals surface area (Å²) in [4.78, 5) is 33.7. The lowest BCUT2D eigenvalue weighted by Gasteiger charge is -2.36. The number of unbranched alkanes of at least 4 members (excludes halogenated alkanes) is 1. The Kier molecular flexibility index (Phi) is 7.68. The summed E-state index contributed by atoms with van der Waals surface area (Å²) >= 11 is 0. The number of pyridine rings is 1. The van der Waals surface area contributed by atoms with E-state index >= 15 is 0 Å². The number of aryl methyl sites for hydroxylation is 2. The molecule has 1 aliphatic heterocycles. The predicted molar refractivity (Wildman–Crippen MR) is 152 cm³/mol. The first kappa shape index (κ1) is 25.5. The predicted octanol–water partition coefficient (Wildman–Crippen LogP) is 5.97. The zero-order valence-corrected chi connectivity index (χ0v) is 21.8. The first-order chi connectivity index (χ1) is 18.5. The molecular formula is C32H33N3O3. The van der Waals surface area contributed by atoms with Crippen LogP contribution in [0.25, 0.3) is 22.2 Å². The van der Waals surface area contributed by atoms with Crippen LogP contribution in [0.4, 0.5) is 5.69 Å². The maximum Gasteiger partial charge on any atom is 0.303 e. The van der Waals surface area contributed by atoms with Gasteiger partial charge in [0, 0.05) is 54.8 Å². The second kappa shape index (κ2) is 11.5. The number of aliphatic carboxylic acids is 1. The maximum absolute atomic E-state index is 13.4. The molecule has 6 heteroatoms. The van der Waals surface area contributed by atoms with Gasteiger partial charge in [-0.3, -0.25) is 9.59 Å². The van der Waals surface area contributed by atoms with Crippen LogP contribution in [0.5, 0.6) is 0 Å². The third-order valence-corrected chi connectivity index (χ3v) is 7.30. The number of hydrogen-bond acceptors (Lipinski definition) is 4. The molecule has 0 unspecified atom stereocenters. The van der Waals surface area contributed by atoms with Crippen molar-refractivity contribution in [2.45, 2.75) is 32.6 Å². The molecule has 0 aliphatic carbocycles. The van der Waals surface area contributed by atoms with Crippen molar-refractivity contribution in [2.75, 3.05) is 31.1 Å². The molecule has 4 aromatic rings. The summed E-state index contributed by atoms with van der Waals surface area (Å²) in [5, 5.41) is 9.94. The van der Waals surface area contributed by atoms with Crippen LogP contribution in [-0.4, -0.2) is 53.0 Å². The van der Waals surface area contributed by atoms with E-state index in [9.17, 15) is 9.59 Å². The summed E-state index contributed by atoms with van der Waals surface area (Å²) in [6.45, 7) is 5.12. The molecule has 1 N–H and O–H groups in total. The number of rotatable bonds is 8. The highest BCUT2D eigenvalue weighted by molar-refractivity contribution is 5.98. The van der Waals surface area contributed by atoms with Gasteiger partial charge in [0.25, 0.3) is 5.91 Å². The molecule has 1 aliphatic rings. The smallest absolute Gasteiger partial charge is 0.303 e. The Morgan fingerprint density at radius 2 is 1.61 bits per heavy atom. The molecule has 3 aromatic carbocycles. The Morgan fingerprint density at radius 1 is 0.868 bits per heavy atom. The topological polar surface area (TPSA) is 73.7 Å². The van der Waals surface area contributed by atoms with Gasteiger partial charge < -0.3 is 14.9 Å². The number of carbonyl (C=O) groups excluding carboxylic acids is 1. The van der Waals surface area contributed by atoms with Crippen molar-refractivity contribution in [1.82, 2.24) is 9.88 Å². The molecule has 0 atom stereocenters. The SMILES string of the molecule is Cc1ccccc1N1CCN(C(=O)c2ccc3nc(-c4ccccc4)c(CCCCC(=O)O)cc3c2)CC1. The molecule has 0 spiro atoms. The van der Waals surface area contributed by atoms with Crippen molar-refractivity contribution in [1.29, 1.82) is 0 Å².